The molecular formula is C20H20F4N2O3. The van der Waals surface area contributed by atoms with Gasteiger partial charge in [0.25, 0.3) is 0 Å². The van der Waals surface area contributed by atoms with E-state index in [9.17, 15) is 27.2 Å². The lowest BCUT2D eigenvalue weighted by Crippen LogP contribution is -2.32. The van der Waals surface area contributed by atoms with E-state index in [2.05, 4.69) is 10.6 Å². The van der Waals surface area contributed by atoms with Crippen molar-refractivity contribution in [2.45, 2.75) is 32.1 Å². The number of halogens is 4. The molecule has 0 heterocycles. The highest BCUT2D eigenvalue weighted by atomic mass is 19.4. The van der Waals surface area contributed by atoms with Gasteiger partial charge in [0.2, 0.25) is 11.8 Å². The molecule has 1 atom stereocenters. The number of rotatable bonds is 7. The number of carbonyl (C=O) groups excluding carboxylic acids is 2. The average molecular weight is 412 g/mol. The van der Waals surface area contributed by atoms with E-state index < -0.39 is 36.1 Å². The van der Waals surface area contributed by atoms with Gasteiger partial charge >= 0.3 is 6.18 Å². The summed E-state index contributed by atoms with van der Waals surface area (Å²) in [5, 5.41) is 5.03. The Morgan fingerprint density at radius 3 is 2.31 bits per heavy atom. The zero-order valence-electron chi connectivity index (χ0n) is 15.8. The molecule has 5 nitrogen and oxygen atoms in total. The fourth-order valence-corrected chi connectivity index (χ4v) is 2.75. The number of hydrogen-bond acceptors (Lipinski definition) is 3. The van der Waals surface area contributed by atoms with Crippen molar-refractivity contribution in [1.29, 1.82) is 0 Å². The number of carbonyl (C=O) groups is 2. The van der Waals surface area contributed by atoms with E-state index in [4.69, 9.17) is 4.74 Å². The lowest BCUT2D eigenvalue weighted by atomic mass is 10.0. The quantitative estimate of drug-likeness (QED) is 0.681. The van der Waals surface area contributed by atoms with Crippen molar-refractivity contribution < 1.29 is 31.9 Å². The lowest BCUT2D eigenvalue weighted by molar-refractivity contribution is -0.138. The molecular weight excluding hydrogens is 392 g/mol. The number of benzene rings is 2. The van der Waals surface area contributed by atoms with Gasteiger partial charge in [0.15, 0.2) is 0 Å². The number of alkyl halides is 3. The molecule has 2 N–H and O–H groups in total. The summed E-state index contributed by atoms with van der Waals surface area (Å²) in [6, 6.07) is 8.27. The van der Waals surface area contributed by atoms with Crippen LogP contribution in [0.2, 0.25) is 0 Å². The van der Waals surface area contributed by atoms with Crippen molar-refractivity contribution in [1.82, 2.24) is 10.6 Å². The third-order valence-electron chi connectivity index (χ3n) is 4.14. The number of hydrogen-bond donors (Lipinski definition) is 2. The van der Waals surface area contributed by atoms with Crippen molar-refractivity contribution in [2.75, 3.05) is 7.11 Å². The second-order valence-corrected chi connectivity index (χ2v) is 6.31. The molecule has 0 bridgehead atoms. The minimum absolute atomic E-state index is 0.186. The highest BCUT2D eigenvalue weighted by Gasteiger charge is 2.33. The van der Waals surface area contributed by atoms with Gasteiger partial charge in [-0.2, -0.15) is 13.2 Å². The molecule has 0 aromatic heterocycles. The van der Waals surface area contributed by atoms with Crippen LogP contribution in [0.25, 0.3) is 0 Å². The van der Waals surface area contributed by atoms with Gasteiger partial charge in [0.1, 0.15) is 11.6 Å². The van der Waals surface area contributed by atoms with Gasteiger partial charge in [0.05, 0.1) is 25.1 Å². The van der Waals surface area contributed by atoms with Crippen molar-refractivity contribution in [3.8, 4) is 5.75 Å². The van der Waals surface area contributed by atoms with Crippen molar-refractivity contribution in [3.05, 3.63) is 65.0 Å². The summed E-state index contributed by atoms with van der Waals surface area (Å²) in [6.45, 7) is 0.867. The zero-order valence-corrected chi connectivity index (χ0v) is 15.8. The molecule has 29 heavy (non-hydrogen) atoms. The third-order valence-corrected chi connectivity index (χ3v) is 4.14. The molecule has 0 saturated carbocycles. The molecule has 0 fully saturated rings. The van der Waals surface area contributed by atoms with E-state index in [-0.39, 0.29) is 17.9 Å². The second kappa shape index (κ2) is 9.40. The third kappa shape index (κ3) is 6.48. The molecule has 0 aliphatic rings. The first-order valence-corrected chi connectivity index (χ1v) is 8.63. The van der Waals surface area contributed by atoms with Crippen LogP contribution >= 0.6 is 0 Å². The number of methoxy groups -OCH3 is 1. The molecule has 1 unspecified atom stereocenters. The molecule has 2 rings (SSSR count). The smallest absolute Gasteiger partial charge is 0.416 e. The number of nitrogens with one attached hydrogen (secondary N) is 2. The Morgan fingerprint density at radius 1 is 1.10 bits per heavy atom. The highest BCUT2D eigenvalue weighted by Crippen LogP contribution is 2.32. The molecule has 0 radical (unpaired) electrons. The lowest BCUT2D eigenvalue weighted by Gasteiger charge is -2.19. The van der Waals surface area contributed by atoms with Gasteiger partial charge in [-0.15, -0.1) is 0 Å². The van der Waals surface area contributed by atoms with E-state index in [1.54, 1.807) is 24.3 Å². The Bertz CT molecular complexity index is 867. The molecule has 2 amide bonds. The van der Waals surface area contributed by atoms with Crippen LogP contribution in [0, 0.1) is 5.82 Å². The topological polar surface area (TPSA) is 67.4 Å². The molecule has 0 saturated heterocycles. The average Bonchev–Trinajstić information content (AvgIpc) is 2.65. The van der Waals surface area contributed by atoms with E-state index >= 15 is 0 Å². The SMILES string of the molecule is COc1ccc(C(CC(=O)NCc2ccc(F)cc2C(F)(F)F)NC(C)=O)cc1. The minimum Gasteiger partial charge on any atom is -0.497 e. The molecule has 9 heteroatoms. The Kier molecular flexibility index (Phi) is 7.19. The van der Waals surface area contributed by atoms with Crippen LogP contribution in [-0.4, -0.2) is 18.9 Å². The standard InChI is InChI=1S/C20H20F4N2O3/c1-12(27)26-18(13-4-7-16(29-2)8-5-13)10-19(28)25-11-14-3-6-15(21)9-17(14)20(22,23)24/h3-9,18H,10-11H2,1-2H3,(H,25,28)(H,26,27). The van der Waals surface area contributed by atoms with Crippen LogP contribution < -0.4 is 15.4 Å². The monoisotopic (exact) mass is 412 g/mol. The Morgan fingerprint density at radius 2 is 1.76 bits per heavy atom. The highest BCUT2D eigenvalue weighted by molar-refractivity contribution is 5.79. The van der Waals surface area contributed by atoms with E-state index in [1.807, 2.05) is 0 Å². The number of ether oxygens (including phenoxy) is 1. The molecule has 0 spiro atoms. The normalized spacial score (nSPS) is 12.2. The summed E-state index contributed by atoms with van der Waals surface area (Å²) in [7, 11) is 1.50. The second-order valence-electron chi connectivity index (χ2n) is 6.31. The van der Waals surface area contributed by atoms with Crippen molar-refractivity contribution in [3.63, 3.8) is 0 Å². The summed E-state index contributed by atoms with van der Waals surface area (Å²) in [5.74, 6) is -1.36. The van der Waals surface area contributed by atoms with Crippen LogP contribution in [-0.2, 0) is 22.3 Å². The van der Waals surface area contributed by atoms with Crippen LogP contribution in [0.15, 0.2) is 42.5 Å². The van der Waals surface area contributed by atoms with E-state index in [1.165, 1.54) is 14.0 Å². The minimum atomic E-state index is -4.75. The van der Waals surface area contributed by atoms with Gasteiger partial charge in [-0.1, -0.05) is 18.2 Å². The van der Waals surface area contributed by atoms with Crippen molar-refractivity contribution >= 4 is 11.8 Å². The van der Waals surface area contributed by atoms with Gasteiger partial charge in [-0.3, -0.25) is 9.59 Å². The fraction of sp³-hybridized carbons (Fsp3) is 0.300. The molecule has 2 aromatic carbocycles. The van der Waals surface area contributed by atoms with Crippen LogP contribution in [0.3, 0.4) is 0 Å². The fourth-order valence-electron chi connectivity index (χ4n) is 2.75. The van der Waals surface area contributed by atoms with Crippen LogP contribution in [0.1, 0.15) is 36.1 Å². The molecule has 0 aliphatic heterocycles. The van der Waals surface area contributed by atoms with Gasteiger partial charge in [-0.05, 0) is 35.4 Å². The van der Waals surface area contributed by atoms with Crippen molar-refractivity contribution in [2.24, 2.45) is 0 Å². The van der Waals surface area contributed by atoms with Crippen LogP contribution in [0.5, 0.6) is 5.75 Å². The predicted molar refractivity (Wildman–Crippen MR) is 97.4 cm³/mol. The van der Waals surface area contributed by atoms with Gasteiger partial charge in [0, 0.05) is 13.5 Å². The van der Waals surface area contributed by atoms with Gasteiger partial charge < -0.3 is 15.4 Å². The Balaban J connectivity index is 2.10. The van der Waals surface area contributed by atoms with E-state index in [0.717, 1.165) is 12.1 Å². The first-order chi connectivity index (χ1) is 13.6. The Hall–Kier alpha value is -3.10. The maximum absolute atomic E-state index is 13.2. The largest absolute Gasteiger partial charge is 0.497 e. The maximum atomic E-state index is 13.2. The summed E-state index contributed by atoms with van der Waals surface area (Å²) < 4.78 is 57.4. The summed E-state index contributed by atoms with van der Waals surface area (Å²) in [4.78, 5) is 23.8. The first-order valence-electron chi connectivity index (χ1n) is 8.63. The van der Waals surface area contributed by atoms with Gasteiger partial charge in [-0.25, -0.2) is 4.39 Å². The summed E-state index contributed by atoms with van der Waals surface area (Å²) in [6.07, 6.45) is -4.93. The number of amides is 2. The molecule has 156 valence electrons. The Labute approximate surface area is 165 Å². The van der Waals surface area contributed by atoms with Crippen LogP contribution in [0.4, 0.5) is 17.6 Å². The summed E-state index contributed by atoms with van der Waals surface area (Å²) in [5.41, 5.74) is -0.770. The predicted octanol–water partition coefficient (Wildman–Crippen LogP) is 3.74. The molecule has 0 aliphatic carbocycles. The molecule has 2 aromatic rings. The first kappa shape index (κ1) is 22.2. The zero-order chi connectivity index (χ0) is 21.6. The summed E-state index contributed by atoms with van der Waals surface area (Å²) >= 11 is 0. The maximum Gasteiger partial charge on any atom is 0.416 e. The van der Waals surface area contributed by atoms with E-state index in [0.29, 0.717) is 17.4 Å².